The molecule has 0 atom stereocenters. The van der Waals surface area contributed by atoms with Crippen LogP contribution < -0.4 is 25.4 Å². The van der Waals surface area contributed by atoms with E-state index >= 15 is 0 Å². The molecule has 0 spiro atoms. The molecule has 0 saturated carbocycles. The number of urea groups is 1. The Balaban J connectivity index is 1.28. The van der Waals surface area contributed by atoms with Crippen LogP contribution in [0.5, 0.6) is 11.5 Å². The summed E-state index contributed by atoms with van der Waals surface area (Å²) < 4.78 is 12.4. The van der Waals surface area contributed by atoms with Crippen molar-refractivity contribution in [2.45, 2.75) is 13.8 Å². The highest BCUT2D eigenvalue weighted by Crippen LogP contribution is 2.34. The molecule has 2 amide bonds. The van der Waals surface area contributed by atoms with Crippen molar-refractivity contribution in [2.75, 3.05) is 30.5 Å². The number of ether oxygens (including phenoxy) is 2. The van der Waals surface area contributed by atoms with Crippen molar-refractivity contribution in [3.05, 3.63) is 48.3 Å². The number of imidazole rings is 1. The Morgan fingerprint density at radius 3 is 2.83 bits per heavy atom. The summed E-state index contributed by atoms with van der Waals surface area (Å²) in [6.07, 6.45) is 3.57. The summed E-state index contributed by atoms with van der Waals surface area (Å²) in [5.74, 6) is 4.20. The number of nitrogens with one attached hydrogen (secondary N) is 3. The number of hydrogen-bond donors (Lipinski definition) is 3. The second-order valence-electron chi connectivity index (χ2n) is 6.38. The molecule has 0 aliphatic carbocycles. The van der Waals surface area contributed by atoms with Crippen LogP contribution in [0, 0.1) is 13.8 Å². The molecule has 29 heavy (non-hydrogen) atoms. The number of carbonyl (C=O) groups excluding carboxylic acids is 1. The molecule has 4 rings (SSSR count). The molecule has 0 radical (unpaired) electrons. The molecule has 1 aliphatic rings. The summed E-state index contributed by atoms with van der Waals surface area (Å²) in [7, 11) is 0. The van der Waals surface area contributed by atoms with Gasteiger partial charge < -0.3 is 25.4 Å². The first-order valence-electron chi connectivity index (χ1n) is 9.13. The van der Waals surface area contributed by atoms with Gasteiger partial charge in [0, 0.05) is 43.3 Å². The van der Waals surface area contributed by atoms with Gasteiger partial charge in [-0.05, 0) is 26.0 Å². The lowest BCUT2D eigenvalue weighted by atomic mass is 10.3. The van der Waals surface area contributed by atoms with Gasteiger partial charge in [-0.1, -0.05) is 0 Å². The minimum atomic E-state index is -0.306. The molecule has 3 N–H and O–H groups in total. The number of fused-ring (bicyclic) bond motifs is 1. The number of nitrogens with zero attached hydrogens (tertiary/aromatic N) is 4. The Morgan fingerprint density at radius 2 is 2.00 bits per heavy atom. The van der Waals surface area contributed by atoms with E-state index < -0.39 is 0 Å². The SMILES string of the molecule is Cc1nc(NCCNC(=O)Nc2ccc3c(c2)OCO3)cc(-n2ccnc2C)n1. The minimum Gasteiger partial charge on any atom is -0.454 e. The van der Waals surface area contributed by atoms with Crippen molar-refractivity contribution in [1.29, 1.82) is 0 Å². The predicted octanol–water partition coefficient (Wildman–Crippen LogP) is 2.24. The van der Waals surface area contributed by atoms with Crippen LogP contribution in [-0.4, -0.2) is 45.4 Å². The Labute approximate surface area is 167 Å². The molecule has 3 heterocycles. The molecular formula is C19H21N7O3. The number of benzene rings is 1. The molecule has 10 nitrogen and oxygen atoms in total. The standard InChI is InChI=1S/C19H21N7O3/c1-12-23-17(10-18(24-12)26-8-7-20-13(26)2)21-5-6-22-19(27)25-14-3-4-15-16(9-14)29-11-28-15/h3-4,7-10H,5-6,11H2,1-2H3,(H,21,23,24)(H2,22,25,27). The average molecular weight is 395 g/mol. The highest BCUT2D eigenvalue weighted by molar-refractivity contribution is 5.89. The van der Waals surface area contributed by atoms with Crippen LogP contribution in [0.4, 0.5) is 16.3 Å². The van der Waals surface area contributed by atoms with Gasteiger partial charge in [-0.2, -0.15) is 0 Å². The highest BCUT2D eigenvalue weighted by atomic mass is 16.7. The second-order valence-corrected chi connectivity index (χ2v) is 6.38. The maximum absolute atomic E-state index is 12.1. The molecular weight excluding hydrogens is 374 g/mol. The molecule has 1 aliphatic heterocycles. The number of hydrogen-bond acceptors (Lipinski definition) is 7. The first-order chi connectivity index (χ1) is 14.1. The van der Waals surface area contributed by atoms with Gasteiger partial charge in [0.1, 0.15) is 23.3 Å². The third kappa shape index (κ3) is 4.37. The van der Waals surface area contributed by atoms with E-state index in [1.165, 1.54) is 0 Å². The van der Waals surface area contributed by atoms with E-state index in [-0.39, 0.29) is 12.8 Å². The van der Waals surface area contributed by atoms with Crippen molar-refractivity contribution in [2.24, 2.45) is 0 Å². The molecule has 0 bridgehead atoms. The van der Waals surface area contributed by atoms with Crippen LogP contribution in [0.25, 0.3) is 5.82 Å². The predicted molar refractivity (Wildman–Crippen MR) is 107 cm³/mol. The Hall–Kier alpha value is -3.82. The molecule has 3 aromatic rings. The van der Waals surface area contributed by atoms with Crippen molar-refractivity contribution in [1.82, 2.24) is 24.8 Å². The van der Waals surface area contributed by atoms with E-state index in [2.05, 4.69) is 30.9 Å². The Bertz CT molecular complexity index is 1030. The van der Waals surface area contributed by atoms with E-state index in [0.29, 0.717) is 41.9 Å². The second kappa shape index (κ2) is 8.05. The lowest BCUT2D eigenvalue weighted by Gasteiger charge is -2.11. The lowest BCUT2D eigenvalue weighted by molar-refractivity contribution is 0.174. The van der Waals surface area contributed by atoms with Crippen LogP contribution in [0.15, 0.2) is 36.7 Å². The van der Waals surface area contributed by atoms with Gasteiger partial charge in [0.15, 0.2) is 11.5 Å². The van der Waals surface area contributed by atoms with Crippen LogP contribution in [-0.2, 0) is 0 Å². The zero-order chi connectivity index (χ0) is 20.2. The van der Waals surface area contributed by atoms with Gasteiger partial charge in [0.05, 0.1) is 0 Å². The van der Waals surface area contributed by atoms with Crippen molar-refractivity contribution >= 4 is 17.5 Å². The van der Waals surface area contributed by atoms with Crippen LogP contribution >= 0.6 is 0 Å². The zero-order valence-corrected chi connectivity index (χ0v) is 16.1. The summed E-state index contributed by atoms with van der Waals surface area (Å²) in [6, 6.07) is 6.78. The molecule has 0 saturated heterocycles. The fourth-order valence-electron chi connectivity index (χ4n) is 2.90. The van der Waals surface area contributed by atoms with E-state index in [0.717, 1.165) is 11.6 Å². The van der Waals surface area contributed by atoms with E-state index in [4.69, 9.17) is 9.47 Å². The summed E-state index contributed by atoms with van der Waals surface area (Å²) in [4.78, 5) is 25.1. The van der Waals surface area contributed by atoms with Crippen molar-refractivity contribution < 1.29 is 14.3 Å². The normalized spacial score (nSPS) is 11.9. The quantitative estimate of drug-likeness (QED) is 0.548. The lowest BCUT2D eigenvalue weighted by Crippen LogP contribution is -2.32. The monoisotopic (exact) mass is 395 g/mol. The molecule has 2 aromatic heterocycles. The molecule has 0 unspecified atom stereocenters. The average Bonchev–Trinajstić information content (AvgIpc) is 3.33. The van der Waals surface area contributed by atoms with Crippen LogP contribution in [0.3, 0.4) is 0 Å². The first kappa shape index (κ1) is 18.5. The maximum Gasteiger partial charge on any atom is 0.319 e. The van der Waals surface area contributed by atoms with Gasteiger partial charge in [-0.3, -0.25) is 4.57 Å². The van der Waals surface area contributed by atoms with E-state index in [9.17, 15) is 4.79 Å². The Kier molecular flexibility index (Phi) is 5.14. The smallest absolute Gasteiger partial charge is 0.319 e. The van der Waals surface area contributed by atoms with E-state index in [1.807, 2.05) is 30.7 Å². The number of rotatable bonds is 6. The Morgan fingerprint density at radius 1 is 1.14 bits per heavy atom. The third-order valence-corrected chi connectivity index (χ3v) is 4.24. The van der Waals surface area contributed by atoms with Gasteiger partial charge in [0.2, 0.25) is 6.79 Å². The first-order valence-corrected chi connectivity index (χ1v) is 9.13. The summed E-state index contributed by atoms with van der Waals surface area (Å²) >= 11 is 0. The fourth-order valence-corrected chi connectivity index (χ4v) is 2.90. The highest BCUT2D eigenvalue weighted by Gasteiger charge is 2.14. The van der Waals surface area contributed by atoms with Gasteiger partial charge in [0.25, 0.3) is 0 Å². The van der Waals surface area contributed by atoms with E-state index in [1.54, 1.807) is 24.4 Å². The maximum atomic E-state index is 12.1. The molecule has 10 heteroatoms. The fraction of sp³-hybridized carbons (Fsp3) is 0.263. The van der Waals surface area contributed by atoms with Crippen molar-refractivity contribution in [3.8, 4) is 17.3 Å². The topological polar surface area (TPSA) is 115 Å². The molecule has 150 valence electrons. The largest absolute Gasteiger partial charge is 0.454 e. The molecule has 1 aromatic carbocycles. The van der Waals surface area contributed by atoms with Crippen LogP contribution in [0.2, 0.25) is 0 Å². The zero-order valence-electron chi connectivity index (χ0n) is 16.1. The summed E-state index contributed by atoms with van der Waals surface area (Å²) in [5, 5.41) is 8.75. The van der Waals surface area contributed by atoms with Crippen LogP contribution in [0.1, 0.15) is 11.6 Å². The van der Waals surface area contributed by atoms with Crippen molar-refractivity contribution in [3.63, 3.8) is 0 Å². The number of amides is 2. The third-order valence-electron chi connectivity index (χ3n) is 4.24. The van der Waals surface area contributed by atoms with Gasteiger partial charge in [-0.25, -0.2) is 19.7 Å². The summed E-state index contributed by atoms with van der Waals surface area (Å²) in [6.45, 7) is 4.86. The number of aryl methyl sites for hydroxylation is 2. The number of aromatic nitrogens is 4. The number of anilines is 2. The minimum absolute atomic E-state index is 0.196. The number of carbonyl (C=O) groups is 1. The summed E-state index contributed by atoms with van der Waals surface area (Å²) in [5.41, 5.74) is 0.631. The molecule has 0 fully saturated rings. The van der Waals surface area contributed by atoms with Gasteiger partial charge in [-0.15, -0.1) is 0 Å². The van der Waals surface area contributed by atoms with Gasteiger partial charge >= 0.3 is 6.03 Å².